The summed E-state index contributed by atoms with van der Waals surface area (Å²) in [6.45, 7) is 7.28. The summed E-state index contributed by atoms with van der Waals surface area (Å²) in [4.78, 5) is 48.0. The Balaban J connectivity index is 2.16. The second-order valence-corrected chi connectivity index (χ2v) is 7.38. The molecule has 0 aliphatic rings. The molecule has 0 aromatic heterocycles. The maximum Gasteiger partial charge on any atom is 0.338 e. The molecule has 0 aliphatic carbocycles. The molecule has 0 saturated carbocycles. The molecule has 0 bridgehead atoms. The Kier molecular flexibility index (Phi) is 8.46. The molecule has 9 nitrogen and oxygen atoms in total. The van der Waals surface area contributed by atoms with Crippen LogP contribution in [0, 0.1) is 23.0 Å². The number of nitro benzene ring substituents is 1. The van der Waals surface area contributed by atoms with Gasteiger partial charge in [-0.2, -0.15) is 0 Å². The van der Waals surface area contributed by atoms with Crippen LogP contribution >= 0.6 is 0 Å². The maximum absolute atomic E-state index is 12.9. The number of aryl methyl sites for hydroxylation is 1. The van der Waals surface area contributed by atoms with E-state index in [9.17, 15) is 24.5 Å². The predicted molar refractivity (Wildman–Crippen MR) is 120 cm³/mol. The van der Waals surface area contributed by atoms with E-state index in [1.165, 1.54) is 30.3 Å². The number of nitrogens with one attached hydrogen (secondary N) is 2. The van der Waals surface area contributed by atoms with E-state index >= 15 is 0 Å². The first kappa shape index (κ1) is 24.5. The van der Waals surface area contributed by atoms with Gasteiger partial charge in [0.1, 0.15) is 6.04 Å². The van der Waals surface area contributed by atoms with E-state index in [1.54, 1.807) is 26.0 Å². The Labute approximate surface area is 186 Å². The Morgan fingerprint density at radius 2 is 1.69 bits per heavy atom. The van der Waals surface area contributed by atoms with E-state index in [0.717, 1.165) is 0 Å². The molecule has 9 heteroatoms. The lowest BCUT2D eigenvalue weighted by atomic mass is 9.97. The van der Waals surface area contributed by atoms with E-state index in [2.05, 4.69) is 10.6 Å². The van der Waals surface area contributed by atoms with Gasteiger partial charge in [-0.05, 0) is 50.1 Å². The molecule has 2 aromatic rings. The number of rotatable bonds is 9. The van der Waals surface area contributed by atoms with Crippen LogP contribution in [-0.2, 0) is 9.53 Å². The van der Waals surface area contributed by atoms with Gasteiger partial charge in [-0.3, -0.25) is 19.7 Å². The fourth-order valence-corrected chi connectivity index (χ4v) is 3.00. The quantitative estimate of drug-likeness (QED) is 0.345. The van der Waals surface area contributed by atoms with Gasteiger partial charge in [0.15, 0.2) is 0 Å². The van der Waals surface area contributed by atoms with Crippen molar-refractivity contribution in [1.29, 1.82) is 0 Å². The highest BCUT2D eigenvalue weighted by atomic mass is 16.6. The second kappa shape index (κ2) is 11.0. The summed E-state index contributed by atoms with van der Waals surface area (Å²) in [7, 11) is 0. The third-order valence-electron chi connectivity index (χ3n) is 5.11. The smallest absolute Gasteiger partial charge is 0.338 e. The summed E-state index contributed by atoms with van der Waals surface area (Å²) in [6.07, 6.45) is 0.619. The molecular formula is C23H27N3O6. The van der Waals surface area contributed by atoms with Gasteiger partial charge in [0, 0.05) is 22.9 Å². The monoisotopic (exact) mass is 441 g/mol. The van der Waals surface area contributed by atoms with Gasteiger partial charge in [-0.15, -0.1) is 0 Å². The molecule has 170 valence electrons. The zero-order chi connectivity index (χ0) is 23.8. The van der Waals surface area contributed by atoms with Crippen molar-refractivity contribution in [2.45, 2.75) is 40.2 Å². The number of nitro groups is 1. The highest BCUT2D eigenvalue weighted by molar-refractivity contribution is 6.01. The average molecular weight is 441 g/mol. The van der Waals surface area contributed by atoms with Crippen LogP contribution in [0.3, 0.4) is 0 Å². The van der Waals surface area contributed by atoms with Crippen molar-refractivity contribution in [3.05, 3.63) is 69.3 Å². The number of amides is 2. The van der Waals surface area contributed by atoms with Crippen LogP contribution in [0.5, 0.6) is 0 Å². The fraction of sp³-hybridized carbons (Fsp3) is 0.348. The molecule has 0 unspecified atom stereocenters. The van der Waals surface area contributed by atoms with Crippen LogP contribution in [-0.4, -0.2) is 35.4 Å². The third-order valence-corrected chi connectivity index (χ3v) is 5.11. The first-order valence-corrected chi connectivity index (χ1v) is 10.3. The van der Waals surface area contributed by atoms with Crippen molar-refractivity contribution >= 4 is 29.2 Å². The number of hydrogen-bond acceptors (Lipinski definition) is 6. The van der Waals surface area contributed by atoms with Crippen molar-refractivity contribution in [3.63, 3.8) is 0 Å². The van der Waals surface area contributed by atoms with E-state index in [0.29, 0.717) is 23.2 Å². The molecule has 2 N–H and O–H groups in total. The van der Waals surface area contributed by atoms with Crippen LogP contribution in [0.2, 0.25) is 0 Å². The summed E-state index contributed by atoms with van der Waals surface area (Å²) in [5.41, 5.74) is 1.19. The van der Waals surface area contributed by atoms with Crippen molar-refractivity contribution in [3.8, 4) is 0 Å². The summed E-state index contributed by atoms with van der Waals surface area (Å²) < 4.78 is 4.93. The maximum atomic E-state index is 12.9. The van der Waals surface area contributed by atoms with Crippen LogP contribution in [0.1, 0.15) is 53.5 Å². The van der Waals surface area contributed by atoms with Gasteiger partial charge >= 0.3 is 5.97 Å². The number of carbonyl (C=O) groups is 3. The number of anilines is 1. The molecule has 2 amide bonds. The standard InChI is InChI=1S/C23H27N3O6/c1-5-14(3)20(25-21(27)17-8-7-15(4)19(13-17)26(30)31)22(28)24-18-11-9-16(10-12-18)23(29)32-6-2/h7-14,20H,5-6H2,1-4H3,(H,24,28)(H,25,27)/t14-,20-/m0/s1. The number of carbonyl (C=O) groups excluding carboxylic acids is 3. The summed E-state index contributed by atoms with van der Waals surface area (Å²) in [5, 5.41) is 16.6. The first-order chi connectivity index (χ1) is 15.2. The normalized spacial score (nSPS) is 12.4. The first-order valence-electron chi connectivity index (χ1n) is 10.3. The van der Waals surface area contributed by atoms with Gasteiger partial charge in [-0.25, -0.2) is 4.79 Å². The van der Waals surface area contributed by atoms with Crippen LogP contribution in [0.15, 0.2) is 42.5 Å². The average Bonchev–Trinajstić information content (AvgIpc) is 2.77. The molecular weight excluding hydrogens is 414 g/mol. The summed E-state index contributed by atoms with van der Waals surface area (Å²) in [6, 6.07) is 9.54. The molecule has 0 radical (unpaired) electrons. The minimum Gasteiger partial charge on any atom is -0.462 e. The molecule has 2 atom stereocenters. The molecule has 32 heavy (non-hydrogen) atoms. The number of hydrogen-bond donors (Lipinski definition) is 2. The van der Waals surface area contributed by atoms with Crippen molar-refractivity contribution in [2.24, 2.45) is 5.92 Å². The highest BCUT2D eigenvalue weighted by Crippen LogP contribution is 2.20. The fourth-order valence-electron chi connectivity index (χ4n) is 3.00. The molecule has 0 spiro atoms. The van der Waals surface area contributed by atoms with Gasteiger partial charge in [0.05, 0.1) is 17.1 Å². The Morgan fingerprint density at radius 3 is 2.25 bits per heavy atom. The van der Waals surface area contributed by atoms with Crippen LogP contribution in [0.25, 0.3) is 0 Å². The Bertz CT molecular complexity index is 1000. The molecule has 2 aromatic carbocycles. The number of esters is 1. The topological polar surface area (TPSA) is 128 Å². The predicted octanol–water partition coefficient (Wildman–Crippen LogP) is 3.86. The van der Waals surface area contributed by atoms with Gasteiger partial charge in [-0.1, -0.05) is 26.3 Å². The number of ether oxygens (including phenoxy) is 1. The molecule has 2 rings (SSSR count). The lowest BCUT2D eigenvalue weighted by Crippen LogP contribution is -2.47. The van der Waals surface area contributed by atoms with Gasteiger partial charge in [0.25, 0.3) is 11.6 Å². The van der Waals surface area contributed by atoms with Gasteiger partial charge in [0.2, 0.25) is 5.91 Å². The SMILES string of the molecule is CCOC(=O)c1ccc(NC(=O)[C@@H](NC(=O)c2ccc(C)c([N+](=O)[O-])c2)[C@@H](C)CC)cc1. The Morgan fingerprint density at radius 1 is 1.06 bits per heavy atom. The minimum absolute atomic E-state index is 0.0993. The summed E-state index contributed by atoms with van der Waals surface area (Å²) >= 11 is 0. The zero-order valence-electron chi connectivity index (χ0n) is 18.5. The lowest BCUT2D eigenvalue weighted by molar-refractivity contribution is -0.385. The minimum atomic E-state index is -0.863. The van der Waals surface area contributed by atoms with E-state index < -0.39 is 28.7 Å². The number of nitrogens with zero attached hydrogens (tertiary/aromatic N) is 1. The van der Waals surface area contributed by atoms with E-state index in [1.807, 2.05) is 13.8 Å². The zero-order valence-corrected chi connectivity index (χ0v) is 18.5. The van der Waals surface area contributed by atoms with Gasteiger partial charge < -0.3 is 15.4 Å². The van der Waals surface area contributed by atoms with E-state index in [4.69, 9.17) is 4.74 Å². The third kappa shape index (κ3) is 6.13. The highest BCUT2D eigenvalue weighted by Gasteiger charge is 2.27. The Hall–Kier alpha value is -3.75. The van der Waals surface area contributed by atoms with Crippen molar-refractivity contribution in [1.82, 2.24) is 5.32 Å². The molecule has 0 saturated heterocycles. The van der Waals surface area contributed by atoms with Crippen LogP contribution in [0.4, 0.5) is 11.4 Å². The molecule has 0 fully saturated rings. The molecule has 0 aliphatic heterocycles. The van der Waals surface area contributed by atoms with E-state index in [-0.39, 0.29) is 23.8 Å². The second-order valence-electron chi connectivity index (χ2n) is 7.38. The lowest BCUT2D eigenvalue weighted by Gasteiger charge is -2.23. The number of benzene rings is 2. The van der Waals surface area contributed by atoms with Crippen LogP contribution < -0.4 is 10.6 Å². The van der Waals surface area contributed by atoms with Crippen molar-refractivity contribution < 1.29 is 24.0 Å². The summed E-state index contributed by atoms with van der Waals surface area (Å²) in [5.74, 6) is -1.66. The van der Waals surface area contributed by atoms with Crippen molar-refractivity contribution in [2.75, 3.05) is 11.9 Å². The largest absolute Gasteiger partial charge is 0.462 e. The molecule has 0 heterocycles.